The Hall–Kier alpha value is -0.260. The molecule has 0 N–H and O–H groups in total. The minimum atomic E-state index is 0.793. The molecule has 0 fully saturated rings. The molecule has 0 aromatic carbocycles. The highest BCUT2D eigenvalue weighted by Crippen LogP contribution is 2.12. The predicted molar refractivity (Wildman–Crippen MR) is 62.0 cm³/mol. The van der Waals surface area contributed by atoms with Crippen LogP contribution in [-0.4, -0.2) is 0 Å². The third kappa shape index (κ3) is 9.66. The third-order valence-corrected chi connectivity index (χ3v) is 2.46. The van der Waals surface area contributed by atoms with E-state index < -0.39 is 0 Å². The number of unbranched alkanes of at least 4 members (excludes halogenated alkanes) is 4. The lowest BCUT2D eigenvalue weighted by atomic mass is 10.0. The average molecular weight is 182 g/mol. The molecule has 0 aliphatic carbocycles. The molecule has 0 saturated heterocycles. The molecule has 78 valence electrons. The Bertz CT molecular complexity index is 113. The van der Waals surface area contributed by atoms with Crippen LogP contribution < -0.4 is 0 Å². The molecular formula is C13H26. The van der Waals surface area contributed by atoms with E-state index in [1.807, 2.05) is 0 Å². The molecule has 1 unspecified atom stereocenters. The zero-order chi connectivity index (χ0) is 9.94. The van der Waals surface area contributed by atoms with Gasteiger partial charge in [0.15, 0.2) is 0 Å². The summed E-state index contributed by atoms with van der Waals surface area (Å²) in [5.74, 6) is 0.793. The van der Waals surface area contributed by atoms with E-state index >= 15 is 0 Å². The largest absolute Gasteiger partial charge is 0.0885 e. The van der Waals surface area contributed by atoms with Crippen molar-refractivity contribution in [3.8, 4) is 0 Å². The molecule has 0 aliphatic heterocycles. The van der Waals surface area contributed by atoms with Crippen molar-refractivity contribution in [1.82, 2.24) is 0 Å². The fourth-order valence-electron chi connectivity index (χ4n) is 1.53. The van der Waals surface area contributed by atoms with Crippen LogP contribution in [0.25, 0.3) is 0 Å². The molecular weight excluding hydrogens is 156 g/mol. The zero-order valence-electron chi connectivity index (χ0n) is 9.68. The van der Waals surface area contributed by atoms with Crippen molar-refractivity contribution in [3.05, 3.63) is 12.2 Å². The maximum Gasteiger partial charge on any atom is -0.0262 e. The zero-order valence-corrected chi connectivity index (χ0v) is 9.68. The van der Waals surface area contributed by atoms with Crippen LogP contribution in [0.1, 0.15) is 65.7 Å². The lowest BCUT2D eigenvalue weighted by Gasteiger charge is -2.05. The molecule has 0 aliphatic rings. The van der Waals surface area contributed by atoms with Crippen LogP contribution >= 0.6 is 0 Å². The van der Waals surface area contributed by atoms with Crippen LogP contribution in [0.3, 0.4) is 0 Å². The van der Waals surface area contributed by atoms with Crippen LogP contribution in [0.2, 0.25) is 0 Å². The van der Waals surface area contributed by atoms with E-state index in [0.29, 0.717) is 0 Å². The standard InChI is InChI=1S/C13H26/c1-4-6-8-9-10-12-13(3)11-7-5-2/h7,11,13H,4-6,8-10,12H2,1-3H3/b11-7+. The fraction of sp³-hybridized carbons (Fsp3) is 0.846. The quantitative estimate of drug-likeness (QED) is 0.368. The molecule has 13 heavy (non-hydrogen) atoms. The summed E-state index contributed by atoms with van der Waals surface area (Å²) in [4.78, 5) is 0. The Balaban J connectivity index is 3.16. The lowest BCUT2D eigenvalue weighted by molar-refractivity contribution is 0.550. The topological polar surface area (TPSA) is 0 Å². The molecule has 0 heteroatoms. The van der Waals surface area contributed by atoms with Gasteiger partial charge in [0.1, 0.15) is 0 Å². The number of hydrogen-bond acceptors (Lipinski definition) is 0. The summed E-state index contributed by atoms with van der Waals surface area (Å²) in [6, 6.07) is 0. The van der Waals surface area contributed by atoms with Gasteiger partial charge in [-0.2, -0.15) is 0 Å². The third-order valence-electron chi connectivity index (χ3n) is 2.46. The molecule has 0 nitrogen and oxygen atoms in total. The van der Waals surface area contributed by atoms with Gasteiger partial charge in [-0.3, -0.25) is 0 Å². The first kappa shape index (κ1) is 12.7. The summed E-state index contributed by atoms with van der Waals surface area (Å²) in [5, 5.41) is 0. The summed E-state index contributed by atoms with van der Waals surface area (Å²) < 4.78 is 0. The summed E-state index contributed by atoms with van der Waals surface area (Å²) in [7, 11) is 0. The van der Waals surface area contributed by atoms with Gasteiger partial charge in [0, 0.05) is 0 Å². The molecule has 0 aromatic rings. The number of allylic oxidation sites excluding steroid dienone is 2. The minimum absolute atomic E-state index is 0.793. The van der Waals surface area contributed by atoms with Gasteiger partial charge in [-0.25, -0.2) is 0 Å². The lowest BCUT2D eigenvalue weighted by Crippen LogP contribution is -1.89. The Kier molecular flexibility index (Phi) is 9.63. The highest BCUT2D eigenvalue weighted by molar-refractivity contribution is 4.84. The SMILES string of the molecule is CC/C=C/C(C)CCCCCCC. The Morgan fingerprint density at radius 1 is 1.00 bits per heavy atom. The Morgan fingerprint density at radius 2 is 1.69 bits per heavy atom. The fourth-order valence-corrected chi connectivity index (χ4v) is 1.53. The van der Waals surface area contributed by atoms with Crippen molar-refractivity contribution < 1.29 is 0 Å². The molecule has 0 rings (SSSR count). The monoisotopic (exact) mass is 182 g/mol. The second kappa shape index (κ2) is 9.83. The second-order valence-corrected chi connectivity index (χ2v) is 4.02. The maximum atomic E-state index is 2.36. The highest BCUT2D eigenvalue weighted by atomic mass is 14.0. The minimum Gasteiger partial charge on any atom is -0.0885 e. The van der Waals surface area contributed by atoms with E-state index in [4.69, 9.17) is 0 Å². The second-order valence-electron chi connectivity index (χ2n) is 4.02. The molecule has 0 bridgehead atoms. The Morgan fingerprint density at radius 3 is 2.31 bits per heavy atom. The van der Waals surface area contributed by atoms with Crippen LogP contribution in [0, 0.1) is 5.92 Å². The van der Waals surface area contributed by atoms with Gasteiger partial charge < -0.3 is 0 Å². The van der Waals surface area contributed by atoms with E-state index in [2.05, 4.69) is 32.9 Å². The van der Waals surface area contributed by atoms with Gasteiger partial charge in [-0.05, 0) is 18.8 Å². The summed E-state index contributed by atoms with van der Waals surface area (Å²) in [5.41, 5.74) is 0. The van der Waals surface area contributed by atoms with Gasteiger partial charge in [-0.15, -0.1) is 0 Å². The first-order chi connectivity index (χ1) is 6.31. The highest BCUT2D eigenvalue weighted by Gasteiger charge is 1.95. The first-order valence-corrected chi connectivity index (χ1v) is 5.97. The molecule has 0 heterocycles. The molecule has 0 spiro atoms. The van der Waals surface area contributed by atoms with Crippen molar-refractivity contribution in [1.29, 1.82) is 0 Å². The van der Waals surface area contributed by atoms with Crippen molar-refractivity contribution in [2.45, 2.75) is 65.7 Å². The molecule has 1 atom stereocenters. The van der Waals surface area contributed by atoms with E-state index in [9.17, 15) is 0 Å². The van der Waals surface area contributed by atoms with E-state index in [1.54, 1.807) is 0 Å². The number of rotatable bonds is 8. The predicted octanol–water partition coefficient (Wildman–Crippen LogP) is 4.95. The number of hydrogen-bond donors (Lipinski definition) is 0. The van der Waals surface area contributed by atoms with Gasteiger partial charge in [0.2, 0.25) is 0 Å². The van der Waals surface area contributed by atoms with Crippen LogP contribution in [-0.2, 0) is 0 Å². The molecule has 0 saturated carbocycles. The summed E-state index contributed by atoms with van der Waals surface area (Å²) >= 11 is 0. The summed E-state index contributed by atoms with van der Waals surface area (Å²) in [6.07, 6.45) is 14.2. The van der Waals surface area contributed by atoms with Crippen LogP contribution in [0.4, 0.5) is 0 Å². The van der Waals surface area contributed by atoms with Crippen LogP contribution in [0.15, 0.2) is 12.2 Å². The Labute approximate surface area is 84.4 Å². The first-order valence-electron chi connectivity index (χ1n) is 5.97. The molecule has 0 amide bonds. The maximum absolute atomic E-state index is 2.36. The van der Waals surface area contributed by atoms with Gasteiger partial charge in [0.25, 0.3) is 0 Å². The van der Waals surface area contributed by atoms with Gasteiger partial charge >= 0.3 is 0 Å². The summed E-state index contributed by atoms with van der Waals surface area (Å²) in [6.45, 7) is 6.79. The van der Waals surface area contributed by atoms with Gasteiger partial charge in [-0.1, -0.05) is 65.0 Å². The van der Waals surface area contributed by atoms with Crippen molar-refractivity contribution in [2.24, 2.45) is 5.92 Å². The van der Waals surface area contributed by atoms with Gasteiger partial charge in [0.05, 0.1) is 0 Å². The van der Waals surface area contributed by atoms with E-state index in [0.717, 1.165) is 5.92 Å². The normalized spacial score (nSPS) is 13.8. The van der Waals surface area contributed by atoms with Crippen molar-refractivity contribution in [2.75, 3.05) is 0 Å². The van der Waals surface area contributed by atoms with E-state index in [1.165, 1.54) is 44.9 Å². The molecule has 0 radical (unpaired) electrons. The van der Waals surface area contributed by atoms with Crippen molar-refractivity contribution >= 4 is 0 Å². The van der Waals surface area contributed by atoms with Crippen molar-refractivity contribution in [3.63, 3.8) is 0 Å². The molecule has 0 aromatic heterocycles. The smallest absolute Gasteiger partial charge is 0.0262 e. The van der Waals surface area contributed by atoms with E-state index in [-0.39, 0.29) is 0 Å². The average Bonchev–Trinajstić information content (AvgIpc) is 2.14. The van der Waals surface area contributed by atoms with Crippen LogP contribution in [0.5, 0.6) is 0 Å².